The van der Waals surface area contributed by atoms with E-state index >= 15 is 0 Å². The highest BCUT2D eigenvalue weighted by Crippen LogP contribution is 2.27. The van der Waals surface area contributed by atoms with Gasteiger partial charge < -0.3 is 4.90 Å². The van der Waals surface area contributed by atoms with Crippen LogP contribution in [0.3, 0.4) is 0 Å². The molecule has 86 valence electrons. The SMILES string of the molecule is FC(F)(F)C(=Nc1ccc(Br)cc1)N1CC1. The fourth-order valence-electron chi connectivity index (χ4n) is 1.21. The molecule has 0 amide bonds. The zero-order valence-electron chi connectivity index (χ0n) is 8.13. The van der Waals surface area contributed by atoms with Crippen molar-refractivity contribution < 1.29 is 13.2 Å². The van der Waals surface area contributed by atoms with Crippen molar-refractivity contribution in [3.63, 3.8) is 0 Å². The maximum atomic E-state index is 12.6. The fourth-order valence-corrected chi connectivity index (χ4v) is 1.48. The molecule has 1 heterocycles. The lowest BCUT2D eigenvalue weighted by Crippen LogP contribution is -2.29. The third-order valence-corrected chi connectivity index (χ3v) is 2.59. The van der Waals surface area contributed by atoms with E-state index in [0.29, 0.717) is 18.8 Å². The Morgan fingerprint density at radius 3 is 2.19 bits per heavy atom. The number of aliphatic imine (C=N–C) groups is 1. The molecule has 6 heteroatoms. The number of hydrogen-bond donors (Lipinski definition) is 0. The zero-order valence-corrected chi connectivity index (χ0v) is 9.72. The molecule has 1 aliphatic rings. The molecule has 2 rings (SSSR count). The molecule has 0 spiro atoms. The van der Waals surface area contributed by atoms with Crippen molar-refractivity contribution in [3.8, 4) is 0 Å². The van der Waals surface area contributed by atoms with Crippen LogP contribution in [0.2, 0.25) is 0 Å². The topological polar surface area (TPSA) is 15.4 Å². The molecule has 0 unspecified atom stereocenters. The van der Waals surface area contributed by atoms with Crippen LogP contribution in [0.5, 0.6) is 0 Å². The first-order chi connectivity index (χ1) is 7.47. The molecule has 1 aromatic carbocycles. The van der Waals surface area contributed by atoms with E-state index in [2.05, 4.69) is 20.9 Å². The number of alkyl halides is 3. The number of benzene rings is 1. The summed E-state index contributed by atoms with van der Waals surface area (Å²) in [5.41, 5.74) is 0.308. The molecule has 1 aromatic rings. The van der Waals surface area contributed by atoms with Crippen molar-refractivity contribution in [2.45, 2.75) is 6.18 Å². The first-order valence-corrected chi connectivity index (χ1v) is 5.42. The molecule has 1 aliphatic heterocycles. The highest BCUT2D eigenvalue weighted by molar-refractivity contribution is 9.10. The summed E-state index contributed by atoms with van der Waals surface area (Å²) in [6.07, 6.45) is -4.39. The fraction of sp³-hybridized carbons (Fsp3) is 0.300. The van der Waals surface area contributed by atoms with E-state index < -0.39 is 12.0 Å². The highest BCUT2D eigenvalue weighted by atomic mass is 79.9. The largest absolute Gasteiger partial charge is 0.449 e. The summed E-state index contributed by atoms with van der Waals surface area (Å²) in [5.74, 6) is -0.810. The minimum absolute atomic E-state index is 0.308. The van der Waals surface area contributed by atoms with Crippen LogP contribution in [-0.4, -0.2) is 30.0 Å². The number of amidine groups is 1. The van der Waals surface area contributed by atoms with Crippen LogP contribution in [0.4, 0.5) is 18.9 Å². The molecular formula is C10H8BrF3N2. The quantitative estimate of drug-likeness (QED) is 0.440. The summed E-state index contributed by atoms with van der Waals surface area (Å²) in [6.45, 7) is 0.851. The third-order valence-electron chi connectivity index (χ3n) is 2.06. The van der Waals surface area contributed by atoms with Gasteiger partial charge in [-0.1, -0.05) is 15.9 Å². The molecule has 0 bridgehead atoms. The predicted octanol–water partition coefficient (Wildman–Crippen LogP) is 3.36. The van der Waals surface area contributed by atoms with Gasteiger partial charge in [-0.3, -0.25) is 0 Å². The minimum atomic E-state index is -4.39. The van der Waals surface area contributed by atoms with Gasteiger partial charge in [0.15, 0.2) is 0 Å². The Balaban J connectivity index is 2.29. The lowest BCUT2D eigenvalue weighted by Gasteiger charge is -2.11. The molecule has 1 fully saturated rings. The summed E-state index contributed by atoms with van der Waals surface area (Å²) >= 11 is 3.21. The van der Waals surface area contributed by atoms with Gasteiger partial charge in [-0.05, 0) is 24.3 Å². The van der Waals surface area contributed by atoms with Crippen molar-refractivity contribution in [2.24, 2.45) is 4.99 Å². The zero-order chi connectivity index (χ0) is 11.8. The first-order valence-electron chi connectivity index (χ1n) is 4.63. The predicted molar refractivity (Wildman–Crippen MR) is 58.9 cm³/mol. The van der Waals surface area contributed by atoms with Crippen molar-refractivity contribution in [3.05, 3.63) is 28.7 Å². The standard InChI is InChI=1S/C10H8BrF3N2/c11-7-1-3-8(4-2-7)15-9(10(12,13)14)16-5-6-16/h1-4H,5-6H2. The summed E-state index contributed by atoms with van der Waals surface area (Å²) in [4.78, 5) is 4.83. The molecule has 0 saturated carbocycles. The maximum Gasteiger partial charge on any atom is 0.449 e. The average molecular weight is 293 g/mol. The molecular weight excluding hydrogens is 285 g/mol. The van der Waals surface area contributed by atoms with Gasteiger partial charge in [0.2, 0.25) is 5.84 Å². The Kier molecular flexibility index (Phi) is 2.92. The van der Waals surface area contributed by atoms with E-state index in [9.17, 15) is 13.2 Å². The first kappa shape index (κ1) is 11.4. The Hall–Kier alpha value is -1.04. The second kappa shape index (κ2) is 4.08. The molecule has 0 N–H and O–H groups in total. The smallest absolute Gasteiger partial charge is 0.349 e. The van der Waals surface area contributed by atoms with Crippen LogP contribution in [-0.2, 0) is 0 Å². The van der Waals surface area contributed by atoms with E-state index in [4.69, 9.17) is 0 Å². The van der Waals surface area contributed by atoms with E-state index in [1.165, 1.54) is 4.90 Å². The lowest BCUT2D eigenvalue weighted by atomic mass is 10.3. The molecule has 0 aromatic heterocycles. The lowest BCUT2D eigenvalue weighted by molar-refractivity contribution is -0.0647. The van der Waals surface area contributed by atoms with E-state index in [1.54, 1.807) is 24.3 Å². The van der Waals surface area contributed by atoms with Gasteiger partial charge in [0.25, 0.3) is 0 Å². The summed E-state index contributed by atoms with van der Waals surface area (Å²) < 4.78 is 38.6. The Bertz CT molecular complexity index is 407. The minimum Gasteiger partial charge on any atom is -0.349 e. The summed E-state index contributed by atoms with van der Waals surface area (Å²) in [6, 6.07) is 6.41. The van der Waals surface area contributed by atoms with Crippen molar-refractivity contribution in [2.75, 3.05) is 13.1 Å². The van der Waals surface area contributed by atoms with Crippen molar-refractivity contribution in [1.29, 1.82) is 0 Å². The Labute approximate surface area is 98.9 Å². The number of halogens is 4. The molecule has 0 radical (unpaired) electrons. The van der Waals surface area contributed by atoms with Crippen LogP contribution in [0.15, 0.2) is 33.7 Å². The Morgan fingerprint density at radius 1 is 1.19 bits per heavy atom. The normalized spacial score (nSPS) is 16.5. The maximum absolute atomic E-state index is 12.6. The van der Waals surface area contributed by atoms with Gasteiger partial charge >= 0.3 is 6.18 Å². The monoisotopic (exact) mass is 292 g/mol. The van der Waals surface area contributed by atoms with Crippen molar-refractivity contribution >= 4 is 27.5 Å². The van der Waals surface area contributed by atoms with Gasteiger partial charge in [0, 0.05) is 17.6 Å². The van der Waals surface area contributed by atoms with Gasteiger partial charge in [-0.15, -0.1) is 0 Å². The third kappa shape index (κ3) is 2.75. The van der Waals surface area contributed by atoms with E-state index in [0.717, 1.165) is 4.47 Å². The van der Waals surface area contributed by atoms with Gasteiger partial charge in [0.1, 0.15) is 0 Å². The van der Waals surface area contributed by atoms with Crippen LogP contribution in [0.25, 0.3) is 0 Å². The second-order valence-electron chi connectivity index (χ2n) is 3.40. The van der Waals surface area contributed by atoms with Crippen molar-refractivity contribution in [1.82, 2.24) is 4.90 Å². The number of rotatable bonds is 1. The van der Waals surface area contributed by atoms with Crippen LogP contribution < -0.4 is 0 Å². The Morgan fingerprint density at radius 2 is 1.75 bits per heavy atom. The second-order valence-corrected chi connectivity index (χ2v) is 4.31. The van der Waals surface area contributed by atoms with E-state index in [-0.39, 0.29) is 0 Å². The van der Waals surface area contributed by atoms with Crippen LogP contribution in [0.1, 0.15) is 0 Å². The van der Waals surface area contributed by atoms with Crippen LogP contribution in [0, 0.1) is 0 Å². The van der Waals surface area contributed by atoms with Crippen LogP contribution >= 0.6 is 15.9 Å². The molecule has 1 saturated heterocycles. The highest BCUT2D eigenvalue weighted by Gasteiger charge is 2.43. The molecule has 2 nitrogen and oxygen atoms in total. The number of hydrogen-bond acceptors (Lipinski definition) is 1. The van der Waals surface area contributed by atoms with Gasteiger partial charge in [-0.25, -0.2) is 4.99 Å². The summed E-state index contributed by atoms with van der Waals surface area (Å²) in [7, 11) is 0. The van der Waals surface area contributed by atoms with Gasteiger partial charge in [0.05, 0.1) is 5.69 Å². The van der Waals surface area contributed by atoms with E-state index in [1.807, 2.05) is 0 Å². The average Bonchev–Trinajstić information content (AvgIpc) is 2.98. The molecule has 0 atom stereocenters. The molecule has 0 aliphatic carbocycles. The van der Waals surface area contributed by atoms with Gasteiger partial charge in [-0.2, -0.15) is 13.2 Å². The summed E-state index contributed by atoms with van der Waals surface area (Å²) in [5, 5.41) is 0. The molecule has 16 heavy (non-hydrogen) atoms. The number of nitrogens with zero attached hydrogens (tertiary/aromatic N) is 2.